The maximum Gasteiger partial charge on any atom is 0.0969 e. The molecule has 0 atom stereocenters. The van der Waals surface area contributed by atoms with E-state index in [0.717, 1.165) is 21.3 Å². The van der Waals surface area contributed by atoms with Gasteiger partial charge in [-0.3, -0.25) is 0 Å². The van der Waals surface area contributed by atoms with Crippen LogP contribution in [-0.4, -0.2) is 0 Å². The van der Waals surface area contributed by atoms with Crippen molar-refractivity contribution in [3.63, 3.8) is 0 Å². The number of rotatable bonds is 3. The van der Waals surface area contributed by atoms with Gasteiger partial charge in [-0.25, -0.2) is 0 Å². The Hall–Kier alpha value is -0.540. The van der Waals surface area contributed by atoms with Gasteiger partial charge in [0.05, 0.1) is 22.2 Å². The molecule has 0 aromatic carbocycles. The predicted molar refractivity (Wildman–Crippen MR) is 68.7 cm³/mol. The number of nitrogens with zero attached hydrogens (tertiary/aromatic N) is 1. The second-order valence-electron chi connectivity index (χ2n) is 2.85. The zero-order valence-electron chi connectivity index (χ0n) is 7.88. The highest BCUT2D eigenvalue weighted by atomic mass is 127. The molecular formula is C10H11IN2S. The maximum atomic E-state index is 8.93. The van der Waals surface area contributed by atoms with Gasteiger partial charge in [-0.1, -0.05) is 13.3 Å². The first-order valence-corrected chi connectivity index (χ1v) is 6.28. The molecule has 14 heavy (non-hydrogen) atoms. The SMILES string of the molecule is CCC/C(C#N)=C(/N)c1sccc1I. The highest BCUT2D eigenvalue weighted by Crippen LogP contribution is 2.26. The number of hydrogen-bond donors (Lipinski definition) is 1. The van der Waals surface area contributed by atoms with Gasteiger partial charge >= 0.3 is 0 Å². The van der Waals surface area contributed by atoms with Crippen LogP contribution in [0.4, 0.5) is 0 Å². The first-order valence-electron chi connectivity index (χ1n) is 4.32. The van der Waals surface area contributed by atoms with Crippen molar-refractivity contribution in [2.24, 2.45) is 5.73 Å². The second-order valence-corrected chi connectivity index (χ2v) is 4.93. The second kappa shape index (κ2) is 5.37. The van der Waals surface area contributed by atoms with E-state index >= 15 is 0 Å². The molecule has 1 rings (SSSR count). The molecule has 0 radical (unpaired) electrons. The van der Waals surface area contributed by atoms with Crippen molar-refractivity contribution in [1.29, 1.82) is 5.26 Å². The number of nitriles is 1. The van der Waals surface area contributed by atoms with Gasteiger partial charge in [0.1, 0.15) is 0 Å². The van der Waals surface area contributed by atoms with Crippen molar-refractivity contribution in [1.82, 2.24) is 0 Å². The average Bonchev–Trinajstić information content (AvgIpc) is 2.59. The number of thiophene rings is 1. The van der Waals surface area contributed by atoms with E-state index in [1.807, 2.05) is 18.4 Å². The predicted octanol–water partition coefficient (Wildman–Crippen LogP) is 3.35. The molecule has 0 aliphatic carbocycles. The highest BCUT2D eigenvalue weighted by Gasteiger charge is 2.09. The molecular weight excluding hydrogens is 307 g/mol. The van der Waals surface area contributed by atoms with Crippen molar-refractivity contribution in [2.75, 3.05) is 0 Å². The van der Waals surface area contributed by atoms with Gasteiger partial charge in [0.25, 0.3) is 0 Å². The van der Waals surface area contributed by atoms with Gasteiger partial charge < -0.3 is 5.73 Å². The Kier molecular flexibility index (Phi) is 4.42. The lowest BCUT2D eigenvalue weighted by Crippen LogP contribution is -2.00. The first kappa shape index (κ1) is 11.5. The molecule has 2 N–H and O–H groups in total. The standard InChI is InChI=1S/C10H11IN2S/c1-2-3-7(6-12)9(13)10-8(11)4-5-14-10/h4-5H,2-3,13H2,1H3/b9-7-. The van der Waals surface area contributed by atoms with Crippen molar-refractivity contribution in [3.05, 3.63) is 25.5 Å². The van der Waals surface area contributed by atoms with Crippen molar-refractivity contribution in [2.45, 2.75) is 19.8 Å². The molecule has 0 fully saturated rings. The van der Waals surface area contributed by atoms with Crippen LogP contribution in [0.3, 0.4) is 0 Å². The first-order chi connectivity index (χ1) is 6.70. The van der Waals surface area contributed by atoms with E-state index in [-0.39, 0.29) is 0 Å². The molecule has 0 saturated carbocycles. The van der Waals surface area contributed by atoms with Crippen LogP contribution in [0, 0.1) is 14.9 Å². The molecule has 1 aromatic heterocycles. The summed E-state index contributed by atoms with van der Waals surface area (Å²) in [5.41, 5.74) is 7.29. The molecule has 74 valence electrons. The summed E-state index contributed by atoms with van der Waals surface area (Å²) in [4.78, 5) is 1.02. The van der Waals surface area contributed by atoms with Crippen LogP contribution in [0.25, 0.3) is 5.70 Å². The van der Waals surface area contributed by atoms with E-state index in [2.05, 4.69) is 28.7 Å². The van der Waals surface area contributed by atoms with Crippen LogP contribution < -0.4 is 5.73 Å². The van der Waals surface area contributed by atoms with Crippen LogP contribution in [0.2, 0.25) is 0 Å². The summed E-state index contributed by atoms with van der Waals surface area (Å²) < 4.78 is 1.12. The number of allylic oxidation sites excluding steroid dienone is 1. The third-order valence-corrected chi connectivity index (χ3v) is 4.03. The maximum absolute atomic E-state index is 8.93. The normalized spacial score (nSPS) is 12.1. The van der Waals surface area contributed by atoms with Crippen LogP contribution >= 0.6 is 33.9 Å². The minimum absolute atomic E-state index is 0.647. The zero-order chi connectivity index (χ0) is 10.6. The molecule has 0 bridgehead atoms. The lowest BCUT2D eigenvalue weighted by molar-refractivity contribution is 0.929. The molecule has 0 aliphatic heterocycles. The van der Waals surface area contributed by atoms with E-state index in [1.165, 1.54) is 0 Å². The fraction of sp³-hybridized carbons (Fsp3) is 0.300. The summed E-state index contributed by atoms with van der Waals surface area (Å²) in [6, 6.07) is 4.18. The van der Waals surface area contributed by atoms with E-state index in [4.69, 9.17) is 11.0 Å². The summed E-state index contributed by atoms with van der Waals surface area (Å²) in [5.74, 6) is 0. The Balaban J connectivity index is 3.09. The summed E-state index contributed by atoms with van der Waals surface area (Å²) in [6.07, 6.45) is 1.71. The Bertz CT molecular complexity index is 387. The third-order valence-electron chi connectivity index (χ3n) is 1.82. The Morgan fingerprint density at radius 2 is 2.43 bits per heavy atom. The smallest absolute Gasteiger partial charge is 0.0969 e. The lowest BCUT2D eigenvalue weighted by Gasteiger charge is -2.02. The van der Waals surface area contributed by atoms with Gasteiger partial charge in [0.15, 0.2) is 0 Å². The summed E-state index contributed by atoms with van der Waals surface area (Å²) in [7, 11) is 0. The molecule has 0 amide bonds. The van der Waals surface area contributed by atoms with Crippen LogP contribution in [0.15, 0.2) is 17.0 Å². The van der Waals surface area contributed by atoms with Crippen molar-refractivity contribution < 1.29 is 0 Å². The van der Waals surface area contributed by atoms with Crippen LogP contribution in [0.5, 0.6) is 0 Å². The Morgan fingerprint density at radius 1 is 1.71 bits per heavy atom. The quantitative estimate of drug-likeness (QED) is 0.686. The van der Waals surface area contributed by atoms with E-state index in [9.17, 15) is 0 Å². The third kappa shape index (κ3) is 2.49. The topological polar surface area (TPSA) is 49.8 Å². The minimum atomic E-state index is 0.647. The highest BCUT2D eigenvalue weighted by molar-refractivity contribution is 14.1. The van der Waals surface area contributed by atoms with Crippen molar-refractivity contribution in [3.8, 4) is 6.07 Å². The summed E-state index contributed by atoms with van der Waals surface area (Å²) in [5, 5.41) is 10.9. The molecule has 1 aromatic rings. The lowest BCUT2D eigenvalue weighted by atomic mass is 10.1. The van der Waals surface area contributed by atoms with Gasteiger partial charge in [0, 0.05) is 3.57 Å². The molecule has 0 aliphatic rings. The average molecular weight is 318 g/mol. The van der Waals surface area contributed by atoms with Crippen molar-refractivity contribution >= 4 is 39.6 Å². The van der Waals surface area contributed by atoms with Gasteiger partial charge in [-0.15, -0.1) is 11.3 Å². The number of nitrogens with two attached hydrogens (primary N) is 1. The zero-order valence-corrected chi connectivity index (χ0v) is 10.9. The Morgan fingerprint density at radius 3 is 2.86 bits per heavy atom. The fourth-order valence-corrected chi connectivity index (χ4v) is 2.99. The molecule has 2 nitrogen and oxygen atoms in total. The van der Waals surface area contributed by atoms with Gasteiger partial charge in [0.2, 0.25) is 0 Å². The monoisotopic (exact) mass is 318 g/mol. The largest absolute Gasteiger partial charge is 0.397 e. The summed E-state index contributed by atoms with van der Waals surface area (Å²) in [6.45, 7) is 2.05. The number of halogens is 1. The van der Waals surface area contributed by atoms with E-state index in [1.54, 1.807) is 11.3 Å². The molecule has 0 saturated heterocycles. The van der Waals surface area contributed by atoms with E-state index in [0.29, 0.717) is 11.3 Å². The van der Waals surface area contributed by atoms with E-state index < -0.39 is 0 Å². The minimum Gasteiger partial charge on any atom is -0.397 e. The Labute approximate surface area is 102 Å². The van der Waals surface area contributed by atoms with Crippen LogP contribution in [-0.2, 0) is 0 Å². The summed E-state index contributed by atoms with van der Waals surface area (Å²) >= 11 is 3.82. The molecule has 1 heterocycles. The van der Waals surface area contributed by atoms with Gasteiger partial charge in [-0.2, -0.15) is 5.26 Å². The molecule has 0 spiro atoms. The molecule has 0 unspecified atom stereocenters. The van der Waals surface area contributed by atoms with Crippen LogP contribution in [0.1, 0.15) is 24.6 Å². The number of hydrogen-bond acceptors (Lipinski definition) is 3. The molecule has 4 heteroatoms. The fourth-order valence-electron chi connectivity index (χ4n) is 1.12. The van der Waals surface area contributed by atoms with Gasteiger partial charge in [-0.05, 0) is 40.5 Å².